The highest BCUT2D eigenvalue weighted by molar-refractivity contribution is 5.35. The second-order valence-electron chi connectivity index (χ2n) is 4.74. The Balaban J connectivity index is 1.94. The van der Waals surface area contributed by atoms with Gasteiger partial charge in [0.2, 0.25) is 0 Å². The van der Waals surface area contributed by atoms with Crippen molar-refractivity contribution in [2.75, 3.05) is 0 Å². The Hall–Kier alpha value is -2.35. The molecule has 1 fully saturated rings. The second kappa shape index (κ2) is 4.39. The lowest BCUT2D eigenvalue weighted by Gasteiger charge is -2.04. The standard InChI is InChI=1S/C14H12FN3O/c15-13-10(8-16)2-1-3-11(13)9-17-6-7-18(14(17)19)12-4-5-12/h1-3,6-7,12H,4-5,9H2. The molecule has 2 aromatic rings. The lowest BCUT2D eigenvalue weighted by molar-refractivity contribution is 0.586. The Morgan fingerprint density at radius 3 is 2.84 bits per heavy atom. The van der Waals surface area contributed by atoms with E-state index in [1.54, 1.807) is 35.2 Å². The minimum absolute atomic E-state index is 0.00664. The van der Waals surface area contributed by atoms with Crippen LogP contribution in [-0.2, 0) is 6.54 Å². The molecule has 3 rings (SSSR count). The molecule has 1 heterocycles. The summed E-state index contributed by atoms with van der Waals surface area (Å²) in [6.45, 7) is 0.153. The van der Waals surface area contributed by atoms with Crippen molar-refractivity contribution < 1.29 is 4.39 Å². The highest BCUT2D eigenvalue weighted by atomic mass is 19.1. The predicted octanol–water partition coefficient (Wildman–Crippen LogP) is 2.04. The molecular formula is C14H12FN3O. The molecule has 96 valence electrons. The fourth-order valence-corrected chi connectivity index (χ4v) is 2.15. The zero-order valence-corrected chi connectivity index (χ0v) is 10.2. The number of benzene rings is 1. The van der Waals surface area contributed by atoms with Crippen molar-refractivity contribution in [1.82, 2.24) is 9.13 Å². The summed E-state index contributed by atoms with van der Waals surface area (Å²) in [6.07, 6.45) is 5.47. The summed E-state index contributed by atoms with van der Waals surface area (Å²) < 4.78 is 17.1. The second-order valence-corrected chi connectivity index (χ2v) is 4.74. The molecule has 1 aliphatic rings. The Labute approximate surface area is 109 Å². The normalized spacial score (nSPS) is 14.3. The molecule has 19 heavy (non-hydrogen) atoms. The van der Waals surface area contributed by atoms with Crippen LogP contribution in [0, 0.1) is 17.1 Å². The molecule has 0 atom stereocenters. The summed E-state index contributed by atoms with van der Waals surface area (Å²) >= 11 is 0. The maximum absolute atomic E-state index is 13.9. The smallest absolute Gasteiger partial charge is 0.296 e. The summed E-state index contributed by atoms with van der Waals surface area (Å²) in [5.41, 5.74) is 0.242. The largest absolute Gasteiger partial charge is 0.328 e. The number of hydrogen-bond acceptors (Lipinski definition) is 2. The number of hydrogen-bond donors (Lipinski definition) is 0. The van der Waals surface area contributed by atoms with Gasteiger partial charge in [-0.25, -0.2) is 9.18 Å². The number of halogens is 1. The molecule has 1 aromatic carbocycles. The molecule has 4 nitrogen and oxygen atoms in total. The minimum Gasteiger partial charge on any atom is -0.296 e. The third-order valence-electron chi connectivity index (χ3n) is 3.35. The zero-order valence-electron chi connectivity index (χ0n) is 10.2. The van der Waals surface area contributed by atoms with E-state index in [1.165, 1.54) is 10.6 Å². The summed E-state index contributed by atoms with van der Waals surface area (Å²) in [5.74, 6) is -0.545. The molecule has 0 bridgehead atoms. The van der Waals surface area contributed by atoms with Crippen molar-refractivity contribution in [3.05, 3.63) is 58.0 Å². The van der Waals surface area contributed by atoms with E-state index in [-0.39, 0.29) is 17.8 Å². The van der Waals surface area contributed by atoms with Gasteiger partial charge in [-0.2, -0.15) is 5.26 Å². The maximum Gasteiger partial charge on any atom is 0.328 e. The van der Waals surface area contributed by atoms with E-state index >= 15 is 0 Å². The average Bonchev–Trinajstić information content (AvgIpc) is 3.19. The van der Waals surface area contributed by atoms with Crippen LogP contribution in [0.2, 0.25) is 0 Å². The lowest BCUT2D eigenvalue weighted by atomic mass is 10.1. The van der Waals surface area contributed by atoms with Gasteiger partial charge in [0.15, 0.2) is 0 Å². The summed E-state index contributed by atoms with van der Waals surface area (Å²) in [7, 11) is 0. The molecule has 0 aliphatic heterocycles. The third kappa shape index (κ3) is 2.06. The van der Waals surface area contributed by atoms with Gasteiger partial charge in [-0.1, -0.05) is 12.1 Å². The number of nitrogens with zero attached hydrogens (tertiary/aromatic N) is 3. The van der Waals surface area contributed by atoms with Crippen molar-refractivity contribution in [2.24, 2.45) is 0 Å². The van der Waals surface area contributed by atoms with Gasteiger partial charge in [0, 0.05) is 24.0 Å². The fraction of sp³-hybridized carbons (Fsp3) is 0.286. The molecule has 0 radical (unpaired) electrons. The summed E-state index contributed by atoms with van der Waals surface area (Å²) in [6, 6.07) is 6.76. The van der Waals surface area contributed by atoms with Gasteiger partial charge in [0.25, 0.3) is 0 Å². The first-order valence-corrected chi connectivity index (χ1v) is 6.15. The van der Waals surface area contributed by atoms with Crippen molar-refractivity contribution >= 4 is 0 Å². The Kier molecular flexibility index (Phi) is 2.71. The molecule has 1 saturated carbocycles. The molecule has 5 heteroatoms. The van der Waals surface area contributed by atoms with Crippen LogP contribution < -0.4 is 5.69 Å². The van der Waals surface area contributed by atoms with Crippen LogP contribution in [0.3, 0.4) is 0 Å². The monoisotopic (exact) mass is 257 g/mol. The number of nitriles is 1. The van der Waals surface area contributed by atoms with Gasteiger partial charge < -0.3 is 0 Å². The Morgan fingerprint density at radius 1 is 1.37 bits per heavy atom. The molecule has 0 spiro atoms. The molecule has 0 saturated heterocycles. The number of rotatable bonds is 3. The first kappa shape index (κ1) is 11.7. The predicted molar refractivity (Wildman–Crippen MR) is 67.2 cm³/mol. The topological polar surface area (TPSA) is 50.7 Å². The van der Waals surface area contributed by atoms with Crippen LogP contribution in [0.4, 0.5) is 4.39 Å². The lowest BCUT2D eigenvalue weighted by Crippen LogP contribution is -2.24. The van der Waals surface area contributed by atoms with Crippen LogP contribution in [-0.4, -0.2) is 9.13 Å². The van der Waals surface area contributed by atoms with Crippen molar-refractivity contribution in [3.63, 3.8) is 0 Å². The van der Waals surface area contributed by atoms with E-state index in [4.69, 9.17) is 5.26 Å². The Morgan fingerprint density at radius 2 is 2.16 bits per heavy atom. The summed E-state index contributed by atoms with van der Waals surface area (Å²) in [5, 5.41) is 8.79. The number of aromatic nitrogens is 2. The van der Waals surface area contributed by atoms with Crippen molar-refractivity contribution in [1.29, 1.82) is 5.26 Å². The maximum atomic E-state index is 13.9. The van der Waals surface area contributed by atoms with E-state index < -0.39 is 5.82 Å². The molecule has 1 aliphatic carbocycles. The van der Waals surface area contributed by atoms with Gasteiger partial charge in [-0.15, -0.1) is 0 Å². The van der Waals surface area contributed by atoms with Crippen LogP contribution >= 0.6 is 0 Å². The van der Waals surface area contributed by atoms with Gasteiger partial charge >= 0.3 is 5.69 Å². The van der Waals surface area contributed by atoms with Crippen molar-refractivity contribution in [3.8, 4) is 6.07 Å². The molecule has 0 unspecified atom stereocenters. The highest BCUT2D eigenvalue weighted by Crippen LogP contribution is 2.33. The molecular weight excluding hydrogens is 245 g/mol. The highest BCUT2D eigenvalue weighted by Gasteiger charge is 2.25. The average molecular weight is 257 g/mol. The van der Waals surface area contributed by atoms with Crippen LogP contribution in [0.5, 0.6) is 0 Å². The summed E-state index contributed by atoms with van der Waals surface area (Å²) in [4.78, 5) is 12.1. The third-order valence-corrected chi connectivity index (χ3v) is 3.35. The SMILES string of the molecule is N#Cc1cccc(Cn2ccn(C3CC3)c2=O)c1F. The van der Waals surface area contributed by atoms with Gasteiger partial charge in [-0.3, -0.25) is 9.13 Å². The van der Waals surface area contributed by atoms with Gasteiger partial charge in [0.1, 0.15) is 11.9 Å². The fourth-order valence-electron chi connectivity index (χ4n) is 2.15. The van der Waals surface area contributed by atoms with Gasteiger partial charge in [-0.05, 0) is 18.9 Å². The first-order chi connectivity index (χ1) is 9.20. The van der Waals surface area contributed by atoms with Crippen LogP contribution in [0.1, 0.15) is 30.0 Å². The molecule has 0 N–H and O–H groups in total. The molecule has 1 aromatic heterocycles. The molecule has 0 amide bonds. The van der Waals surface area contributed by atoms with E-state index in [1.807, 2.05) is 0 Å². The van der Waals surface area contributed by atoms with E-state index in [9.17, 15) is 9.18 Å². The first-order valence-electron chi connectivity index (χ1n) is 6.15. The van der Waals surface area contributed by atoms with E-state index in [0.717, 1.165) is 12.8 Å². The zero-order chi connectivity index (χ0) is 13.4. The Bertz CT molecular complexity index is 719. The number of imidazole rings is 1. The quantitative estimate of drug-likeness (QED) is 0.845. The minimum atomic E-state index is -0.545. The van der Waals surface area contributed by atoms with Crippen LogP contribution in [0.25, 0.3) is 0 Å². The van der Waals surface area contributed by atoms with E-state index in [0.29, 0.717) is 11.6 Å². The van der Waals surface area contributed by atoms with Crippen LogP contribution in [0.15, 0.2) is 35.4 Å². The van der Waals surface area contributed by atoms with Crippen molar-refractivity contribution in [2.45, 2.75) is 25.4 Å². The van der Waals surface area contributed by atoms with E-state index in [2.05, 4.69) is 0 Å². The van der Waals surface area contributed by atoms with Gasteiger partial charge in [0.05, 0.1) is 12.1 Å².